The summed E-state index contributed by atoms with van der Waals surface area (Å²) in [5.41, 5.74) is 1.43. The number of rotatable bonds is 5. The Morgan fingerprint density at radius 2 is 2.30 bits per heavy atom. The summed E-state index contributed by atoms with van der Waals surface area (Å²) in [5, 5.41) is 17.7. The summed E-state index contributed by atoms with van der Waals surface area (Å²) in [6.07, 6.45) is 10.3. The maximum atomic E-state index is 8.86. The van der Waals surface area contributed by atoms with Crippen molar-refractivity contribution in [1.29, 1.82) is 10.5 Å². The average Bonchev–Trinajstić information content (AvgIpc) is 3.07. The highest BCUT2D eigenvalue weighted by atomic mass is 16.5. The Kier molecular flexibility index (Phi) is 5.12. The number of allylic oxidation sites excluding steroid dienone is 5. The molecular weight excluding hydrogens is 250 g/mol. The molecular formula is C16H19N3O. The summed E-state index contributed by atoms with van der Waals surface area (Å²) < 4.78 is 5.27. The lowest BCUT2D eigenvalue weighted by atomic mass is 9.99. The van der Waals surface area contributed by atoms with Crippen LogP contribution in [0.25, 0.3) is 0 Å². The molecule has 20 heavy (non-hydrogen) atoms. The van der Waals surface area contributed by atoms with Crippen molar-refractivity contribution in [3.05, 3.63) is 35.5 Å². The van der Waals surface area contributed by atoms with Gasteiger partial charge in [-0.3, -0.25) is 4.90 Å². The van der Waals surface area contributed by atoms with Crippen LogP contribution in [0.15, 0.2) is 35.5 Å². The predicted octanol–water partition coefficient (Wildman–Crippen LogP) is 2.18. The first-order valence-electron chi connectivity index (χ1n) is 6.90. The molecule has 0 saturated carbocycles. The Balaban J connectivity index is 2.01. The third-order valence-corrected chi connectivity index (χ3v) is 3.89. The number of nitriles is 2. The van der Waals surface area contributed by atoms with Gasteiger partial charge in [-0.2, -0.15) is 10.5 Å². The van der Waals surface area contributed by atoms with Gasteiger partial charge in [0.05, 0.1) is 6.61 Å². The van der Waals surface area contributed by atoms with E-state index in [1.54, 1.807) is 13.2 Å². The van der Waals surface area contributed by atoms with Crippen molar-refractivity contribution in [2.75, 3.05) is 26.8 Å². The molecule has 104 valence electrons. The van der Waals surface area contributed by atoms with Gasteiger partial charge >= 0.3 is 0 Å². The normalized spacial score (nSPS) is 25.1. The number of methoxy groups -OCH3 is 1. The van der Waals surface area contributed by atoms with Crippen LogP contribution in [0.1, 0.15) is 12.8 Å². The van der Waals surface area contributed by atoms with Crippen molar-refractivity contribution in [1.82, 2.24) is 4.90 Å². The summed E-state index contributed by atoms with van der Waals surface area (Å²) in [6, 6.07) is 4.34. The Morgan fingerprint density at radius 1 is 1.50 bits per heavy atom. The van der Waals surface area contributed by atoms with Crippen LogP contribution in [0.2, 0.25) is 0 Å². The zero-order valence-electron chi connectivity index (χ0n) is 11.7. The molecule has 1 heterocycles. The van der Waals surface area contributed by atoms with Crippen LogP contribution in [0.4, 0.5) is 0 Å². The molecule has 2 atom stereocenters. The van der Waals surface area contributed by atoms with E-state index in [9.17, 15) is 0 Å². The molecule has 0 spiro atoms. The molecule has 2 aliphatic rings. The van der Waals surface area contributed by atoms with E-state index in [4.69, 9.17) is 15.3 Å². The molecule has 4 nitrogen and oxygen atoms in total. The minimum Gasteiger partial charge on any atom is -0.383 e. The molecule has 4 heteroatoms. The lowest BCUT2D eigenvalue weighted by Crippen LogP contribution is -2.35. The van der Waals surface area contributed by atoms with Gasteiger partial charge in [0.2, 0.25) is 0 Å². The van der Waals surface area contributed by atoms with Gasteiger partial charge in [-0.25, -0.2) is 0 Å². The van der Waals surface area contributed by atoms with Crippen LogP contribution < -0.4 is 0 Å². The van der Waals surface area contributed by atoms with Crippen molar-refractivity contribution in [2.24, 2.45) is 5.92 Å². The largest absolute Gasteiger partial charge is 0.383 e. The molecule has 0 aromatic heterocycles. The van der Waals surface area contributed by atoms with Crippen molar-refractivity contribution in [3.8, 4) is 12.1 Å². The van der Waals surface area contributed by atoms with E-state index in [1.807, 2.05) is 24.3 Å². The molecule has 0 radical (unpaired) electrons. The standard InChI is InChI=1S/C16H19N3O/c1-20-12-16-6-3-7-19(16)11-15-5-2-4-14(15)8-13(9-17)10-18/h2,4-5,8,14,16H,3,6-7,11-12H2,1H3/t14?,16-/m0/s1. The van der Waals surface area contributed by atoms with E-state index < -0.39 is 0 Å². The highest BCUT2D eigenvalue weighted by molar-refractivity contribution is 5.42. The Labute approximate surface area is 120 Å². The van der Waals surface area contributed by atoms with Crippen LogP contribution in [-0.2, 0) is 4.74 Å². The monoisotopic (exact) mass is 269 g/mol. The van der Waals surface area contributed by atoms with E-state index >= 15 is 0 Å². The summed E-state index contributed by atoms with van der Waals surface area (Å²) in [4.78, 5) is 2.43. The van der Waals surface area contributed by atoms with Gasteiger partial charge in [-0.1, -0.05) is 18.2 Å². The third-order valence-electron chi connectivity index (χ3n) is 3.89. The fraction of sp³-hybridized carbons (Fsp3) is 0.500. The van der Waals surface area contributed by atoms with Crippen molar-refractivity contribution < 1.29 is 4.74 Å². The SMILES string of the molecule is COC[C@@H]1CCCN1CC1=CC=CC1C=C(C#N)C#N. The minimum absolute atomic E-state index is 0.0769. The van der Waals surface area contributed by atoms with E-state index in [1.165, 1.54) is 18.4 Å². The highest BCUT2D eigenvalue weighted by Crippen LogP contribution is 2.26. The van der Waals surface area contributed by atoms with Crippen LogP contribution in [-0.4, -0.2) is 37.7 Å². The third kappa shape index (κ3) is 3.36. The fourth-order valence-electron chi connectivity index (χ4n) is 2.85. The molecule has 2 rings (SSSR count). The smallest absolute Gasteiger partial charge is 0.126 e. The number of likely N-dealkylation sites (tertiary alicyclic amines) is 1. The molecule has 1 aliphatic carbocycles. The number of nitrogens with zero attached hydrogens (tertiary/aromatic N) is 3. The summed E-state index contributed by atoms with van der Waals surface area (Å²) in [6.45, 7) is 2.74. The summed E-state index contributed by atoms with van der Waals surface area (Å²) >= 11 is 0. The van der Waals surface area contributed by atoms with Gasteiger partial charge in [0.15, 0.2) is 0 Å². The molecule has 0 aromatic rings. The first-order valence-corrected chi connectivity index (χ1v) is 6.90. The first-order chi connectivity index (χ1) is 9.78. The van der Waals surface area contributed by atoms with E-state index in [-0.39, 0.29) is 11.5 Å². The van der Waals surface area contributed by atoms with Gasteiger partial charge in [0.25, 0.3) is 0 Å². The Morgan fingerprint density at radius 3 is 3.00 bits per heavy atom. The molecule has 0 aromatic carbocycles. The van der Waals surface area contributed by atoms with Crippen LogP contribution in [0.5, 0.6) is 0 Å². The lowest BCUT2D eigenvalue weighted by Gasteiger charge is -2.25. The first kappa shape index (κ1) is 14.5. The number of hydrogen-bond donors (Lipinski definition) is 0. The van der Waals surface area contributed by atoms with Crippen LogP contribution >= 0.6 is 0 Å². The van der Waals surface area contributed by atoms with E-state index in [0.29, 0.717) is 6.04 Å². The molecule has 1 unspecified atom stereocenters. The summed E-state index contributed by atoms with van der Waals surface area (Å²) in [7, 11) is 1.74. The second kappa shape index (κ2) is 7.05. The Bertz CT molecular complexity index is 503. The zero-order chi connectivity index (χ0) is 14.4. The van der Waals surface area contributed by atoms with E-state index in [2.05, 4.69) is 11.0 Å². The van der Waals surface area contributed by atoms with Crippen molar-refractivity contribution >= 4 is 0 Å². The molecule has 1 fully saturated rings. The average molecular weight is 269 g/mol. The predicted molar refractivity (Wildman–Crippen MR) is 76.5 cm³/mol. The van der Waals surface area contributed by atoms with Gasteiger partial charge < -0.3 is 4.74 Å². The Hall–Kier alpha value is -1.88. The lowest BCUT2D eigenvalue weighted by molar-refractivity contribution is 0.120. The maximum absolute atomic E-state index is 8.86. The van der Waals surface area contributed by atoms with E-state index in [0.717, 1.165) is 19.7 Å². The topological polar surface area (TPSA) is 60.0 Å². The fourth-order valence-corrected chi connectivity index (χ4v) is 2.85. The molecule has 1 saturated heterocycles. The summed E-state index contributed by atoms with van der Waals surface area (Å²) in [5.74, 6) is 0.0769. The van der Waals surface area contributed by atoms with Gasteiger partial charge in [0.1, 0.15) is 17.7 Å². The second-order valence-electron chi connectivity index (χ2n) is 5.18. The van der Waals surface area contributed by atoms with Crippen molar-refractivity contribution in [3.63, 3.8) is 0 Å². The molecule has 0 amide bonds. The van der Waals surface area contributed by atoms with Gasteiger partial charge in [-0.15, -0.1) is 0 Å². The number of ether oxygens (including phenoxy) is 1. The maximum Gasteiger partial charge on any atom is 0.126 e. The molecule has 0 bridgehead atoms. The van der Waals surface area contributed by atoms with Crippen molar-refractivity contribution in [2.45, 2.75) is 18.9 Å². The van der Waals surface area contributed by atoms with Gasteiger partial charge in [0, 0.05) is 25.6 Å². The zero-order valence-corrected chi connectivity index (χ0v) is 11.7. The quantitative estimate of drug-likeness (QED) is 0.718. The molecule has 0 N–H and O–H groups in total. The van der Waals surface area contributed by atoms with Crippen LogP contribution in [0.3, 0.4) is 0 Å². The molecule has 1 aliphatic heterocycles. The highest BCUT2D eigenvalue weighted by Gasteiger charge is 2.26. The van der Waals surface area contributed by atoms with Gasteiger partial charge in [-0.05, 0) is 31.0 Å². The number of hydrogen-bond acceptors (Lipinski definition) is 4. The van der Waals surface area contributed by atoms with Crippen LogP contribution in [0, 0.1) is 28.6 Å². The minimum atomic E-state index is 0.0769. The second-order valence-corrected chi connectivity index (χ2v) is 5.18.